The summed E-state index contributed by atoms with van der Waals surface area (Å²) in [4.78, 5) is 1.09. The summed E-state index contributed by atoms with van der Waals surface area (Å²) in [6, 6.07) is 10.4. The molecule has 0 unspecified atom stereocenters. The Morgan fingerprint density at radius 2 is 1.77 bits per heavy atom. The third-order valence-corrected chi connectivity index (χ3v) is 3.62. The lowest BCUT2D eigenvalue weighted by Crippen LogP contribution is -2.13. The van der Waals surface area contributed by atoms with Gasteiger partial charge >= 0.3 is 6.18 Å². The highest BCUT2D eigenvalue weighted by atomic mass is 32.2. The molecular formula is C13H10F3N5S. The van der Waals surface area contributed by atoms with Crippen LogP contribution in [0.15, 0.2) is 41.3 Å². The highest BCUT2D eigenvalue weighted by Crippen LogP contribution is 2.28. The minimum Gasteiger partial charge on any atom is -0.339 e. The summed E-state index contributed by atoms with van der Waals surface area (Å²) in [5.41, 5.74) is 0.766. The molecule has 0 amide bonds. The van der Waals surface area contributed by atoms with E-state index in [1.54, 1.807) is 17.8 Å². The van der Waals surface area contributed by atoms with Crippen molar-refractivity contribution < 1.29 is 13.2 Å². The molecule has 0 aliphatic rings. The van der Waals surface area contributed by atoms with E-state index in [0.29, 0.717) is 4.52 Å². The van der Waals surface area contributed by atoms with Gasteiger partial charge < -0.3 is 5.32 Å². The number of fused-ring (bicyclic) bond motifs is 1. The summed E-state index contributed by atoms with van der Waals surface area (Å²) in [7, 11) is 0. The van der Waals surface area contributed by atoms with Crippen LogP contribution in [-0.2, 0) is 6.18 Å². The van der Waals surface area contributed by atoms with Gasteiger partial charge in [0.2, 0.25) is 0 Å². The van der Waals surface area contributed by atoms with Gasteiger partial charge in [-0.05, 0) is 42.7 Å². The van der Waals surface area contributed by atoms with E-state index < -0.39 is 12.0 Å². The molecule has 0 bridgehead atoms. The third-order valence-electron chi connectivity index (χ3n) is 2.88. The molecule has 0 fully saturated rings. The van der Waals surface area contributed by atoms with E-state index in [4.69, 9.17) is 0 Å². The first-order chi connectivity index (χ1) is 10.5. The number of alkyl halides is 3. The van der Waals surface area contributed by atoms with Crippen LogP contribution < -0.4 is 5.32 Å². The number of hydrogen-bond donors (Lipinski definition) is 1. The number of nitrogens with zero attached hydrogens (tertiary/aromatic N) is 4. The van der Waals surface area contributed by atoms with Gasteiger partial charge in [0, 0.05) is 10.6 Å². The van der Waals surface area contributed by atoms with Gasteiger partial charge in [-0.2, -0.15) is 17.7 Å². The standard InChI is InChI=1S/C13H10F3N5S/c1-22-9-4-2-8(3-5-9)17-10-6-7-11-18-19-12(13(14,15)16)21(11)20-10/h2-7H,1H3,(H,17,20). The van der Waals surface area contributed by atoms with Crippen LogP contribution in [0.2, 0.25) is 0 Å². The van der Waals surface area contributed by atoms with Crippen LogP contribution in [0.5, 0.6) is 0 Å². The second kappa shape index (κ2) is 5.48. The highest BCUT2D eigenvalue weighted by Gasteiger charge is 2.37. The monoisotopic (exact) mass is 325 g/mol. The van der Waals surface area contributed by atoms with E-state index in [0.717, 1.165) is 10.6 Å². The van der Waals surface area contributed by atoms with E-state index in [-0.39, 0.29) is 11.5 Å². The SMILES string of the molecule is CSc1ccc(Nc2ccc3nnc(C(F)(F)F)n3n2)cc1. The Labute approximate surface area is 127 Å². The Kier molecular flexibility index (Phi) is 3.65. The molecule has 3 aromatic rings. The van der Waals surface area contributed by atoms with Crippen LogP contribution in [0, 0.1) is 0 Å². The molecule has 0 radical (unpaired) electrons. The van der Waals surface area contributed by atoms with E-state index in [2.05, 4.69) is 20.6 Å². The van der Waals surface area contributed by atoms with Crippen LogP contribution in [0.4, 0.5) is 24.7 Å². The van der Waals surface area contributed by atoms with Crippen molar-refractivity contribution in [2.24, 2.45) is 0 Å². The summed E-state index contributed by atoms with van der Waals surface area (Å²) in [6.45, 7) is 0. The Morgan fingerprint density at radius 1 is 1.05 bits per heavy atom. The molecule has 3 rings (SSSR count). The Bertz CT molecular complexity index is 798. The van der Waals surface area contributed by atoms with Gasteiger partial charge in [-0.3, -0.25) is 0 Å². The maximum Gasteiger partial charge on any atom is 0.453 e. The van der Waals surface area contributed by atoms with Crippen LogP contribution in [0.3, 0.4) is 0 Å². The van der Waals surface area contributed by atoms with E-state index in [1.807, 2.05) is 30.5 Å². The van der Waals surface area contributed by atoms with Gasteiger partial charge in [0.1, 0.15) is 0 Å². The lowest BCUT2D eigenvalue weighted by Gasteiger charge is -2.07. The number of hydrogen-bond acceptors (Lipinski definition) is 5. The average molecular weight is 325 g/mol. The number of benzene rings is 1. The summed E-state index contributed by atoms with van der Waals surface area (Å²) < 4.78 is 39.1. The van der Waals surface area contributed by atoms with Crippen molar-refractivity contribution in [1.29, 1.82) is 0 Å². The number of rotatable bonds is 3. The lowest BCUT2D eigenvalue weighted by atomic mass is 10.3. The minimum absolute atomic E-state index is 0.0376. The molecule has 5 nitrogen and oxygen atoms in total. The first-order valence-corrected chi connectivity index (χ1v) is 7.40. The van der Waals surface area contributed by atoms with Gasteiger partial charge in [-0.15, -0.1) is 27.1 Å². The molecule has 9 heteroatoms. The first kappa shape index (κ1) is 14.6. The van der Waals surface area contributed by atoms with E-state index in [9.17, 15) is 13.2 Å². The fraction of sp³-hybridized carbons (Fsp3) is 0.154. The van der Waals surface area contributed by atoms with Crippen molar-refractivity contribution in [2.45, 2.75) is 11.1 Å². The van der Waals surface area contributed by atoms with Crippen molar-refractivity contribution in [1.82, 2.24) is 19.8 Å². The van der Waals surface area contributed by atoms with Gasteiger partial charge in [0.05, 0.1) is 0 Å². The predicted octanol–water partition coefficient (Wildman–Crippen LogP) is 3.61. The molecule has 22 heavy (non-hydrogen) atoms. The molecule has 0 atom stereocenters. The van der Waals surface area contributed by atoms with Crippen molar-refractivity contribution >= 4 is 28.9 Å². The quantitative estimate of drug-likeness (QED) is 0.746. The first-order valence-electron chi connectivity index (χ1n) is 6.18. The van der Waals surface area contributed by atoms with Crippen molar-refractivity contribution in [3.8, 4) is 0 Å². The number of aromatic nitrogens is 4. The van der Waals surface area contributed by atoms with Crippen LogP contribution in [0.1, 0.15) is 5.82 Å². The molecule has 0 saturated heterocycles. The largest absolute Gasteiger partial charge is 0.453 e. The number of halogens is 3. The molecule has 114 valence electrons. The van der Waals surface area contributed by atoms with E-state index >= 15 is 0 Å². The molecule has 0 spiro atoms. The van der Waals surface area contributed by atoms with Crippen LogP contribution >= 0.6 is 11.8 Å². The summed E-state index contributed by atoms with van der Waals surface area (Å²) in [5, 5.41) is 13.4. The van der Waals surface area contributed by atoms with Gasteiger partial charge in [0.25, 0.3) is 5.82 Å². The maximum atomic E-state index is 12.8. The zero-order valence-corrected chi connectivity index (χ0v) is 12.1. The molecular weight excluding hydrogens is 315 g/mol. The van der Waals surface area contributed by atoms with Crippen LogP contribution in [0.25, 0.3) is 5.65 Å². The van der Waals surface area contributed by atoms with Gasteiger partial charge in [-0.25, -0.2) is 0 Å². The minimum atomic E-state index is -4.61. The molecule has 2 aromatic heterocycles. The van der Waals surface area contributed by atoms with E-state index in [1.165, 1.54) is 6.07 Å². The molecule has 0 aliphatic heterocycles. The number of anilines is 2. The fourth-order valence-electron chi connectivity index (χ4n) is 1.85. The number of thioether (sulfide) groups is 1. The second-order valence-corrected chi connectivity index (χ2v) is 5.24. The van der Waals surface area contributed by atoms with Crippen LogP contribution in [-0.4, -0.2) is 26.1 Å². The highest BCUT2D eigenvalue weighted by molar-refractivity contribution is 7.98. The normalized spacial score (nSPS) is 11.8. The van der Waals surface area contributed by atoms with Gasteiger partial charge in [-0.1, -0.05) is 0 Å². The lowest BCUT2D eigenvalue weighted by molar-refractivity contribution is -0.146. The molecule has 0 saturated carbocycles. The molecule has 1 N–H and O–H groups in total. The van der Waals surface area contributed by atoms with Gasteiger partial charge in [0.15, 0.2) is 11.5 Å². The van der Waals surface area contributed by atoms with Crippen molar-refractivity contribution in [2.75, 3.05) is 11.6 Å². The maximum absolute atomic E-state index is 12.8. The number of nitrogens with one attached hydrogen (secondary N) is 1. The summed E-state index contributed by atoms with van der Waals surface area (Å²) >= 11 is 1.60. The molecule has 2 heterocycles. The Hall–Kier alpha value is -2.29. The summed E-state index contributed by atoms with van der Waals surface area (Å²) in [6.07, 6.45) is -2.65. The average Bonchev–Trinajstić information content (AvgIpc) is 2.91. The zero-order valence-electron chi connectivity index (χ0n) is 11.3. The van der Waals surface area contributed by atoms with Crippen molar-refractivity contribution in [3.05, 3.63) is 42.2 Å². The third kappa shape index (κ3) is 2.84. The molecule has 0 aliphatic carbocycles. The predicted molar refractivity (Wildman–Crippen MR) is 77.3 cm³/mol. The van der Waals surface area contributed by atoms with Crippen molar-refractivity contribution in [3.63, 3.8) is 0 Å². The topological polar surface area (TPSA) is 55.1 Å². The fourth-order valence-corrected chi connectivity index (χ4v) is 2.26. The molecule has 1 aromatic carbocycles. The smallest absolute Gasteiger partial charge is 0.339 e. The summed E-state index contributed by atoms with van der Waals surface area (Å²) in [5.74, 6) is -0.876. The zero-order chi connectivity index (χ0) is 15.7. The second-order valence-electron chi connectivity index (χ2n) is 4.36. The Balaban J connectivity index is 1.93. The Morgan fingerprint density at radius 3 is 2.41 bits per heavy atom.